The minimum absolute atomic E-state index is 0.0243. The molecule has 9 nitrogen and oxygen atoms in total. The quantitative estimate of drug-likeness (QED) is 0.605. The second-order valence-electron chi connectivity index (χ2n) is 5.78. The fraction of sp³-hybridized carbons (Fsp3) is 0.125. The summed E-state index contributed by atoms with van der Waals surface area (Å²) >= 11 is 6.01. The molecule has 3 rings (SSSR count). The normalized spacial score (nSPS) is 12.0. The van der Waals surface area contributed by atoms with Crippen molar-refractivity contribution in [2.24, 2.45) is 7.05 Å². The van der Waals surface area contributed by atoms with Crippen molar-refractivity contribution in [3.63, 3.8) is 0 Å². The number of halogens is 1. The Labute approximate surface area is 167 Å². The first kappa shape index (κ1) is 20.1. The number of sulfonamides is 2. The van der Waals surface area contributed by atoms with Crippen molar-refractivity contribution < 1.29 is 16.8 Å². The van der Waals surface area contributed by atoms with Crippen LogP contribution in [0.25, 0.3) is 0 Å². The van der Waals surface area contributed by atoms with E-state index in [1.807, 2.05) is 0 Å². The van der Waals surface area contributed by atoms with E-state index in [9.17, 15) is 16.8 Å². The largest absolute Gasteiger partial charge is 0.279 e. The van der Waals surface area contributed by atoms with E-state index in [1.54, 1.807) is 12.1 Å². The Morgan fingerprint density at radius 1 is 0.964 bits per heavy atom. The van der Waals surface area contributed by atoms with Crippen molar-refractivity contribution in [2.45, 2.75) is 16.7 Å². The standard InChI is InChI=1S/C16H16ClN5O4S2/c1-11-15(16(17)22(2)19-11)28(25,26)20-12-6-8-13(9-7-12)27(23,24)21-14-5-3-4-10-18-14/h3-10,20H,1-2H3,(H,18,21). The van der Waals surface area contributed by atoms with Crippen molar-refractivity contribution >= 4 is 43.2 Å². The van der Waals surface area contributed by atoms with Crippen LogP contribution in [0.2, 0.25) is 5.15 Å². The van der Waals surface area contributed by atoms with Crippen LogP contribution >= 0.6 is 11.6 Å². The third kappa shape index (κ3) is 4.11. The Bertz CT molecular complexity index is 1210. The molecule has 2 N–H and O–H groups in total. The molecule has 0 radical (unpaired) electrons. The molecule has 0 aliphatic heterocycles. The lowest BCUT2D eigenvalue weighted by Gasteiger charge is -2.10. The third-order valence-corrected chi connectivity index (χ3v) is 7.14. The fourth-order valence-electron chi connectivity index (χ4n) is 2.44. The summed E-state index contributed by atoms with van der Waals surface area (Å²) in [4.78, 5) is 3.73. The lowest BCUT2D eigenvalue weighted by Crippen LogP contribution is -2.15. The van der Waals surface area contributed by atoms with Gasteiger partial charge in [0.15, 0.2) is 0 Å². The van der Waals surface area contributed by atoms with Crippen LogP contribution in [0, 0.1) is 6.92 Å². The molecule has 0 aliphatic carbocycles. The number of aryl methyl sites for hydroxylation is 2. The Morgan fingerprint density at radius 2 is 1.64 bits per heavy atom. The monoisotopic (exact) mass is 441 g/mol. The molecule has 0 unspecified atom stereocenters. The van der Waals surface area contributed by atoms with E-state index in [4.69, 9.17) is 11.6 Å². The van der Waals surface area contributed by atoms with E-state index in [0.717, 1.165) is 0 Å². The number of rotatable bonds is 6. The first-order chi connectivity index (χ1) is 13.1. The highest BCUT2D eigenvalue weighted by Crippen LogP contribution is 2.27. The van der Waals surface area contributed by atoms with Crippen molar-refractivity contribution in [3.05, 3.63) is 59.5 Å². The van der Waals surface area contributed by atoms with Gasteiger partial charge in [-0.3, -0.25) is 14.1 Å². The number of pyridine rings is 1. The summed E-state index contributed by atoms with van der Waals surface area (Å²) in [5.41, 5.74) is 0.426. The van der Waals surface area contributed by atoms with Crippen LogP contribution in [0.3, 0.4) is 0 Å². The summed E-state index contributed by atoms with van der Waals surface area (Å²) < 4.78 is 55.9. The molecule has 1 aromatic carbocycles. The molecule has 0 saturated carbocycles. The molecule has 2 aromatic heterocycles. The van der Waals surface area contributed by atoms with Crippen molar-refractivity contribution in [1.82, 2.24) is 14.8 Å². The predicted octanol–water partition coefficient (Wildman–Crippen LogP) is 2.38. The second kappa shape index (κ2) is 7.41. The zero-order chi connectivity index (χ0) is 20.5. The van der Waals surface area contributed by atoms with Crippen LogP contribution in [-0.4, -0.2) is 31.6 Å². The third-order valence-electron chi connectivity index (χ3n) is 3.69. The molecule has 148 valence electrons. The first-order valence-electron chi connectivity index (χ1n) is 7.86. The van der Waals surface area contributed by atoms with Crippen molar-refractivity contribution in [1.29, 1.82) is 0 Å². The molecule has 28 heavy (non-hydrogen) atoms. The molecule has 0 saturated heterocycles. The highest BCUT2D eigenvalue weighted by Gasteiger charge is 2.25. The minimum atomic E-state index is -3.99. The number of benzene rings is 1. The maximum atomic E-state index is 12.6. The van der Waals surface area contributed by atoms with Gasteiger partial charge >= 0.3 is 0 Å². The topological polar surface area (TPSA) is 123 Å². The summed E-state index contributed by atoms with van der Waals surface area (Å²) in [6, 6.07) is 10.1. The second-order valence-corrected chi connectivity index (χ2v) is 9.44. The van der Waals surface area contributed by atoms with Gasteiger partial charge in [-0.05, 0) is 43.3 Å². The van der Waals surface area contributed by atoms with Gasteiger partial charge in [-0.2, -0.15) is 5.10 Å². The van der Waals surface area contributed by atoms with Crippen LogP contribution in [-0.2, 0) is 27.1 Å². The Hall–Kier alpha value is -2.63. The number of hydrogen-bond donors (Lipinski definition) is 2. The van der Waals surface area contributed by atoms with E-state index in [2.05, 4.69) is 19.5 Å². The molecule has 0 fully saturated rings. The highest BCUT2D eigenvalue weighted by atomic mass is 35.5. The van der Waals surface area contributed by atoms with Crippen LogP contribution in [0.15, 0.2) is 58.5 Å². The van der Waals surface area contributed by atoms with Gasteiger partial charge in [0.1, 0.15) is 15.9 Å². The molecule has 0 amide bonds. The first-order valence-corrected chi connectivity index (χ1v) is 11.2. The van der Waals surface area contributed by atoms with Crippen LogP contribution in [0.4, 0.5) is 11.5 Å². The van der Waals surface area contributed by atoms with Gasteiger partial charge in [0, 0.05) is 18.9 Å². The Kier molecular flexibility index (Phi) is 5.33. The number of anilines is 2. The number of nitrogens with one attached hydrogen (secondary N) is 2. The Morgan fingerprint density at radius 3 is 2.18 bits per heavy atom. The molecular weight excluding hydrogens is 426 g/mol. The lowest BCUT2D eigenvalue weighted by molar-refractivity contribution is 0.599. The smallest absolute Gasteiger partial charge is 0.266 e. The summed E-state index contributed by atoms with van der Waals surface area (Å²) in [5, 5.41) is 3.95. The maximum absolute atomic E-state index is 12.6. The average molecular weight is 442 g/mol. The van der Waals surface area contributed by atoms with Gasteiger partial charge in [-0.1, -0.05) is 17.7 Å². The van der Waals surface area contributed by atoms with Crippen molar-refractivity contribution in [2.75, 3.05) is 9.44 Å². The SMILES string of the molecule is Cc1nn(C)c(Cl)c1S(=O)(=O)Nc1ccc(S(=O)(=O)Nc2ccccn2)cc1. The predicted molar refractivity (Wildman–Crippen MR) is 105 cm³/mol. The highest BCUT2D eigenvalue weighted by molar-refractivity contribution is 7.93. The van der Waals surface area contributed by atoms with Crippen LogP contribution < -0.4 is 9.44 Å². The molecule has 3 aromatic rings. The van der Waals surface area contributed by atoms with Crippen molar-refractivity contribution in [3.8, 4) is 0 Å². The van der Waals surface area contributed by atoms with Gasteiger partial charge in [0.05, 0.1) is 10.6 Å². The number of aromatic nitrogens is 3. The van der Waals surface area contributed by atoms with E-state index in [-0.39, 0.29) is 32.1 Å². The molecule has 0 atom stereocenters. The summed E-state index contributed by atoms with van der Waals surface area (Å²) in [5.74, 6) is 0.175. The number of hydrogen-bond acceptors (Lipinski definition) is 6. The van der Waals surface area contributed by atoms with E-state index < -0.39 is 20.0 Å². The molecular formula is C16H16ClN5O4S2. The lowest BCUT2D eigenvalue weighted by atomic mass is 10.3. The molecule has 0 bridgehead atoms. The minimum Gasteiger partial charge on any atom is -0.279 e. The maximum Gasteiger partial charge on any atom is 0.266 e. The van der Waals surface area contributed by atoms with Crippen LogP contribution in [0.1, 0.15) is 5.69 Å². The number of nitrogens with zero attached hydrogens (tertiary/aromatic N) is 3. The average Bonchev–Trinajstić information content (AvgIpc) is 2.88. The summed E-state index contributed by atoms with van der Waals surface area (Å²) in [6.45, 7) is 1.53. The van der Waals surface area contributed by atoms with Gasteiger partial charge in [0.25, 0.3) is 20.0 Å². The summed E-state index contributed by atoms with van der Waals surface area (Å²) in [7, 11) is -6.32. The Balaban J connectivity index is 1.83. The van der Waals surface area contributed by atoms with Gasteiger partial charge in [-0.25, -0.2) is 21.8 Å². The van der Waals surface area contributed by atoms with Gasteiger partial charge in [-0.15, -0.1) is 0 Å². The van der Waals surface area contributed by atoms with Gasteiger partial charge < -0.3 is 0 Å². The van der Waals surface area contributed by atoms with E-state index >= 15 is 0 Å². The molecule has 0 spiro atoms. The zero-order valence-corrected chi connectivity index (χ0v) is 17.2. The molecule has 2 heterocycles. The molecule has 0 aliphatic rings. The van der Waals surface area contributed by atoms with Crippen LogP contribution in [0.5, 0.6) is 0 Å². The van der Waals surface area contributed by atoms with E-state index in [1.165, 1.54) is 55.2 Å². The summed E-state index contributed by atoms with van der Waals surface area (Å²) in [6.07, 6.45) is 1.46. The van der Waals surface area contributed by atoms with E-state index in [0.29, 0.717) is 0 Å². The van der Waals surface area contributed by atoms with Gasteiger partial charge in [0.2, 0.25) is 0 Å². The molecule has 12 heteroatoms. The fourth-order valence-corrected chi connectivity index (χ4v) is 5.26. The zero-order valence-electron chi connectivity index (χ0n) is 14.8.